The molecule has 0 aromatic rings. The second-order valence-corrected chi connectivity index (χ2v) is 1.74. The minimum Gasteiger partial charge on any atom is -0.126 e. The van der Waals surface area contributed by atoms with Crippen molar-refractivity contribution in [2.24, 2.45) is 0 Å². The van der Waals surface area contributed by atoms with Gasteiger partial charge in [-0.2, -0.15) is 0 Å². The van der Waals surface area contributed by atoms with Crippen molar-refractivity contribution in [1.29, 1.82) is 0 Å². The number of allylic oxidation sites excluding steroid dienone is 2. The van der Waals surface area contributed by atoms with Gasteiger partial charge in [0.1, 0.15) is 0 Å². The maximum Gasteiger partial charge on any atom is 0.0267 e. The van der Waals surface area contributed by atoms with Crippen LogP contribution in [0.3, 0.4) is 0 Å². The van der Waals surface area contributed by atoms with Crippen LogP contribution in [0.25, 0.3) is 0 Å². The molecule has 0 nitrogen and oxygen atoms in total. The molecule has 0 spiro atoms. The van der Waals surface area contributed by atoms with Crippen molar-refractivity contribution < 1.29 is 0 Å². The Labute approximate surface area is 55.5 Å². The van der Waals surface area contributed by atoms with Crippen molar-refractivity contribution in [3.8, 4) is 12.3 Å². The van der Waals surface area contributed by atoms with Gasteiger partial charge in [-0.15, -0.1) is 23.9 Å². The van der Waals surface area contributed by atoms with E-state index < -0.39 is 0 Å². The Morgan fingerprint density at radius 3 is 2.75 bits per heavy atom. The van der Waals surface area contributed by atoms with Crippen LogP contribution < -0.4 is 0 Å². The Hall–Kier alpha value is -0.410. The van der Waals surface area contributed by atoms with Crippen LogP contribution in [0.4, 0.5) is 0 Å². The molecule has 0 atom stereocenters. The molecule has 0 radical (unpaired) electrons. The Morgan fingerprint density at radius 2 is 2.25 bits per heavy atom. The van der Waals surface area contributed by atoms with Gasteiger partial charge >= 0.3 is 0 Å². The molecule has 0 fully saturated rings. The van der Waals surface area contributed by atoms with Crippen LogP contribution in [-0.4, -0.2) is 5.88 Å². The number of terminal acetylenes is 1. The van der Waals surface area contributed by atoms with Crippen LogP contribution in [-0.2, 0) is 0 Å². The first-order valence-electron chi connectivity index (χ1n) is 2.56. The van der Waals surface area contributed by atoms with Gasteiger partial charge in [0.2, 0.25) is 0 Å². The average Bonchev–Trinajstić information content (AvgIpc) is 1.81. The molecule has 0 aromatic heterocycles. The topological polar surface area (TPSA) is 0 Å². The molecule has 8 heavy (non-hydrogen) atoms. The van der Waals surface area contributed by atoms with Crippen LogP contribution in [0.5, 0.6) is 0 Å². The SMILES string of the molecule is C#CCC=CCCCl. The van der Waals surface area contributed by atoms with Gasteiger partial charge in [0.05, 0.1) is 0 Å². The summed E-state index contributed by atoms with van der Waals surface area (Å²) in [5.74, 6) is 3.18. The van der Waals surface area contributed by atoms with Crippen molar-refractivity contribution in [3.05, 3.63) is 12.2 Å². The van der Waals surface area contributed by atoms with E-state index >= 15 is 0 Å². The van der Waals surface area contributed by atoms with E-state index in [9.17, 15) is 0 Å². The van der Waals surface area contributed by atoms with E-state index in [-0.39, 0.29) is 0 Å². The monoisotopic (exact) mass is 128 g/mol. The molecule has 0 aliphatic carbocycles. The minimum absolute atomic E-state index is 0.682. The Morgan fingerprint density at radius 1 is 1.50 bits per heavy atom. The highest BCUT2D eigenvalue weighted by Crippen LogP contribution is 1.87. The van der Waals surface area contributed by atoms with Crippen molar-refractivity contribution in [2.75, 3.05) is 5.88 Å². The summed E-state index contributed by atoms with van der Waals surface area (Å²) in [6.45, 7) is 0. The van der Waals surface area contributed by atoms with Crippen molar-refractivity contribution in [2.45, 2.75) is 12.8 Å². The first-order chi connectivity index (χ1) is 3.91. The highest BCUT2D eigenvalue weighted by Gasteiger charge is 1.71. The molecule has 0 N–H and O–H groups in total. The van der Waals surface area contributed by atoms with Gasteiger partial charge in [-0.3, -0.25) is 0 Å². The van der Waals surface area contributed by atoms with E-state index in [0.29, 0.717) is 5.88 Å². The van der Waals surface area contributed by atoms with E-state index in [1.165, 1.54) is 0 Å². The van der Waals surface area contributed by atoms with E-state index in [1.807, 2.05) is 12.2 Å². The fourth-order valence-electron chi connectivity index (χ4n) is 0.332. The maximum absolute atomic E-state index is 5.38. The van der Waals surface area contributed by atoms with E-state index in [2.05, 4.69) is 5.92 Å². The van der Waals surface area contributed by atoms with Gasteiger partial charge in [0.25, 0.3) is 0 Å². The predicted octanol–water partition coefficient (Wildman–Crippen LogP) is 2.19. The number of hydrogen-bond acceptors (Lipinski definition) is 0. The van der Waals surface area contributed by atoms with E-state index in [1.54, 1.807) is 0 Å². The summed E-state index contributed by atoms with van der Waals surface area (Å²) in [7, 11) is 0. The van der Waals surface area contributed by atoms with Crippen LogP contribution in [0.2, 0.25) is 0 Å². The predicted molar refractivity (Wildman–Crippen MR) is 37.9 cm³/mol. The molecule has 0 unspecified atom stereocenters. The van der Waals surface area contributed by atoms with Gasteiger partial charge < -0.3 is 0 Å². The molecule has 0 saturated heterocycles. The lowest BCUT2D eigenvalue weighted by atomic mass is 10.3. The molecule has 0 saturated carbocycles. The largest absolute Gasteiger partial charge is 0.126 e. The third kappa shape index (κ3) is 5.59. The summed E-state index contributed by atoms with van der Waals surface area (Å²) in [5.41, 5.74) is 0. The van der Waals surface area contributed by atoms with Gasteiger partial charge in [-0.1, -0.05) is 12.2 Å². The van der Waals surface area contributed by atoms with Gasteiger partial charge in [0.15, 0.2) is 0 Å². The third-order valence-corrected chi connectivity index (χ3v) is 0.896. The normalized spacial score (nSPS) is 9.50. The van der Waals surface area contributed by atoms with Gasteiger partial charge in [-0.25, -0.2) is 0 Å². The van der Waals surface area contributed by atoms with E-state index in [4.69, 9.17) is 18.0 Å². The first-order valence-corrected chi connectivity index (χ1v) is 3.09. The van der Waals surface area contributed by atoms with E-state index in [0.717, 1.165) is 12.8 Å². The number of halogens is 1. The lowest BCUT2D eigenvalue weighted by Gasteiger charge is -1.78. The molecule has 0 aliphatic rings. The summed E-state index contributed by atoms with van der Waals surface area (Å²) >= 11 is 5.38. The highest BCUT2D eigenvalue weighted by atomic mass is 35.5. The fraction of sp³-hybridized carbons (Fsp3) is 0.429. The van der Waals surface area contributed by atoms with Crippen molar-refractivity contribution in [3.63, 3.8) is 0 Å². The molecule has 0 amide bonds. The van der Waals surface area contributed by atoms with Crippen LogP contribution >= 0.6 is 11.6 Å². The van der Waals surface area contributed by atoms with Crippen molar-refractivity contribution >= 4 is 11.6 Å². The summed E-state index contributed by atoms with van der Waals surface area (Å²) in [5, 5.41) is 0. The molecule has 1 heteroatoms. The Bertz CT molecular complexity index is 97.4. The van der Waals surface area contributed by atoms with Gasteiger partial charge in [-0.05, 0) is 6.42 Å². The second-order valence-electron chi connectivity index (χ2n) is 1.36. The first kappa shape index (κ1) is 7.59. The maximum atomic E-state index is 5.38. The number of rotatable bonds is 3. The molecule has 0 aliphatic heterocycles. The number of hydrogen-bond donors (Lipinski definition) is 0. The van der Waals surface area contributed by atoms with Crippen LogP contribution in [0.15, 0.2) is 12.2 Å². The standard InChI is InChI=1S/C7H9Cl/c1-2-3-4-5-6-7-8/h1,4-5H,3,6-7H2. The lowest BCUT2D eigenvalue weighted by molar-refractivity contribution is 1.21. The Kier molecular flexibility index (Phi) is 6.25. The number of alkyl halides is 1. The zero-order chi connectivity index (χ0) is 6.24. The summed E-state index contributed by atoms with van der Waals surface area (Å²) in [4.78, 5) is 0. The molecular weight excluding hydrogens is 120 g/mol. The summed E-state index contributed by atoms with van der Waals surface area (Å²) < 4.78 is 0. The zero-order valence-electron chi connectivity index (χ0n) is 4.73. The zero-order valence-corrected chi connectivity index (χ0v) is 5.49. The average molecular weight is 129 g/mol. The molecule has 0 bridgehead atoms. The molecule has 0 aromatic carbocycles. The fourth-order valence-corrected chi connectivity index (χ4v) is 0.458. The smallest absolute Gasteiger partial charge is 0.0267 e. The molecule has 44 valence electrons. The third-order valence-electron chi connectivity index (χ3n) is 0.678. The Balaban J connectivity index is 2.98. The van der Waals surface area contributed by atoms with Crippen LogP contribution in [0.1, 0.15) is 12.8 Å². The highest BCUT2D eigenvalue weighted by molar-refractivity contribution is 6.17. The minimum atomic E-state index is 0.682. The second kappa shape index (κ2) is 6.59. The molecule has 0 rings (SSSR count). The summed E-state index contributed by atoms with van der Waals surface area (Å²) in [6.07, 6.45) is 10.6. The summed E-state index contributed by atoms with van der Waals surface area (Å²) in [6, 6.07) is 0. The molecule has 0 heterocycles. The quantitative estimate of drug-likeness (QED) is 0.311. The van der Waals surface area contributed by atoms with Crippen LogP contribution in [0, 0.1) is 12.3 Å². The van der Waals surface area contributed by atoms with Gasteiger partial charge in [0, 0.05) is 12.3 Å². The molecular formula is C7H9Cl. The van der Waals surface area contributed by atoms with Crippen molar-refractivity contribution in [1.82, 2.24) is 0 Å². The lowest BCUT2D eigenvalue weighted by Crippen LogP contribution is -1.65.